The summed E-state index contributed by atoms with van der Waals surface area (Å²) >= 11 is 0. The highest BCUT2D eigenvalue weighted by molar-refractivity contribution is 6.23. The molecule has 1 heterocycles. The second kappa shape index (κ2) is 10.4. The third kappa shape index (κ3) is 4.07. The Morgan fingerprint density at radius 1 is 0.490 bits per heavy atom. The molecule has 1 aromatic heterocycles. The molecule has 232 valence electrons. The van der Waals surface area contributed by atoms with Crippen LogP contribution in [0.5, 0.6) is 0 Å². The van der Waals surface area contributed by atoms with E-state index in [0.717, 1.165) is 39.0 Å². The van der Waals surface area contributed by atoms with E-state index in [2.05, 4.69) is 170 Å². The Balaban J connectivity index is 1.38. The van der Waals surface area contributed by atoms with Crippen LogP contribution in [0.25, 0.3) is 65.7 Å². The minimum absolute atomic E-state index is 0.172. The highest BCUT2D eigenvalue weighted by atomic mass is 16.3. The first-order valence-corrected chi connectivity index (χ1v) is 17.0. The number of hydrogen-bond acceptors (Lipinski definition) is 2. The minimum atomic E-state index is -0.172. The maximum atomic E-state index is 6.28. The molecule has 9 aromatic rings. The second-order valence-corrected chi connectivity index (χ2v) is 13.7. The van der Waals surface area contributed by atoms with Gasteiger partial charge in [0.2, 0.25) is 0 Å². The minimum Gasteiger partial charge on any atom is -0.456 e. The first-order chi connectivity index (χ1) is 24.1. The summed E-state index contributed by atoms with van der Waals surface area (Å²) < 4.78 is 6.28. The fourth-order valence-corrected chi connectivity index (χ4v) is 8.43. The van der Waals surface area contributed by atoms with Gasteiger partial charge in [-0.05, 0) is 98.1 Å². The van der Waals surface area contributed by atoms with E-state index in [1.165, 1.54) is 54.9 Å². The molecule has 1 aliphatic rings. The predicted molar refractivity (Wildman–Crippen MR) is 206 cm³/mol. The van der Waals surface area contributed by atoms with E-state index in [-0.39, 0.29) is 5.41 Å². The van der Waals surface area contributed by atoms with Crippen LogP contribution < -0.4 is 4.90 Å². The molecule has 0 bridgehead atoms. The van der Waals surface area contributed by atoms with Gasteiger partial charge < -0.3 is 9.32 Å². The van der Waals surface area contributed by atoms with Crippen molar-refractivity contribution in [1.29, 1.82) is 0 Å². The standard InChI is InChI=1S/C47H33NO/c1-47(2)40-23-13-11-22-36(40)45-44-34-20-10-9-17-31(34)27-41(39(44)29-37(46(45)47)30-15-5-3-6-16-30)48(32-18-7-4-8-19-32)33-25-26-43-38(28-33)35-21-12-14-24-42(35)49-43/h3-29H,1-2H3. The molecule has 10 rings (SSSR count). The lowest BCUT2D eigenvalue weighted by Gasteiger charge is -2.30. The maximum Gasteiger partial charge on any atom is 0.135 e. The molecule has 2 heteroatoms. The molecule has 0 unspecified atom stereocenters. The number of furan rings is 1. The zero-order chi connectivity index (χ0) is 32.7. The summed E-state index contributed by atoms with van der Waals surface area (Å²) in [5.41, 5.74) is 12.9. The molecular weight excluding hydrogens is 595 g/mol. The van der Waals surface area contributed by atoms with Gasteiger partial charge in [0.15, 0.2) is 0 Å². The van der Waals surface area contributed by atoms with E-state index in [0.29, 0.717) is 0 Å². The molecule has 1 aliphatic carbocycles. The molecule has 0 radical (unpaired) electrons. The molecule has 0 saturated heterocycles. The summed E-state index contributed by atoms with van der Waals surface area (Å²) in [4.78, 5) is 2.43. The highest BCUT2D eigenvalue weighted by Gasteiger charge is 2.39. The molecule has 0 saturated carbocycles. The lowest BCUT2D eigenvalue weighted by Crippen LogP contribution is -2.16. The topological polar surface area (TPSA) is 16.4 Å². The maximum absolute atomic E-state index is 6.28. The number of hydrogen-bond donors (Lipinski definition) is 0. The van der Waals surface area contributed by atoms with Crippen LogP contribution in [0.3, 0.4) is 0 Å². The fourth-order valence-electron chi connectivity index (χ4n) is 8.43. The van der Waals surface area contributed by atoms with Crippen LogP contribution in [0.2, 0.25) is 0 Å². The fraction of sp³-hybridized carbons (Fsp3) is 0.0638. The summed E-state index contributed by atoms with van der Waals surface area (Å²) in [7, 11) is 0. The van der Waals surface area contributed by atoms with Crippen molar-refractivity contribution in [3.63, 3.8) is 0 Å². The largest absolute Gasteiger partial charge is 0.456 e. The van der Waals surface area contributed by atoms with E-state index in [1.54, 1.807) is 0 Å². The number of nitrogens with zero attached hydrogens (tertiary/aromatic N) is 1. The van der Waals surface area contributed by atoms with E-state index < -0.39 is 0 Å². The van der Waals surface area contributed by atoms with Gasteiger partial charge in [-0.25, -0.2) is 0 Å². The number of anilines is 3. The van der Waals surface area contributed by atoms with Gasteiger partial charge in [0.25, 0.3) is 0 Å². The first kappa shape index (κ1) is 27.9. The second-order valence-electron chi connectivity index (χ2n) is 13.7. The SMILES string of the molecule is CC1(C)c2ccccc2-c2c1c(-c1ccccc1)cc1c(N(c3ccccc3)c3ccc4oc5ccccc5c4c3)cc3ccccc3c21. The summed E-state index contributed by atoms with van der Waals surface area (Å²) in [5, 5.41) is 7.26. The van der Waals surface area contributed by atoms with Gasteiger partial charge in [0.05, 0.1) is 5.69 Å². The van der Waals surface area contributed by atoms with Crippen LogP contribution in [0.15, 0.2) is 168 Å². The Labute approximate surface area is 285 Å². The van der Waals surface area contributed by atoms with E-state index in [9.17, 15) is 0 Å². The van der Waals surface area contributed by atoms with E-state index >= 15 is 0 Å². The molecule has 2 nitrogen and oxygen atoms in total. The Morgan fingerprint density at radius 3 is 2.00 bits per heavy atom. The Bertz CT molecular complexity index is 2740. The molecule has 8 aromatic carbocycles. The van der Waals surface area contributed by atoms with Crippen molar-refractivity contribution in [2.75, 3.05) is 4.90 Å². The summed E-state index contributed by atoms with van der Waals surface area (Å²) in [6.07, 6.45) is 0. The molecule has 0 amide bonds. The van der Waals surface area contributed by atoms with Crippen LogP contribution in [0, 0.1) is 0 Å². The number of para-hydroxylation sites is 2. The Morgan fingerprint density at radius 2 is 1.16 bits per heavy atom. The Kier molecular flexibility index (Phi) is 5.95. The lowest BCUT2D eigenvalue weighted by atomic mass is 9.77. The Hall–Kier alpha value is -6.12. The predicted octanol–water partition coefficient (Wildman–Crippen LogP) is 13.3. The van der Waals surface area contributed by atoms with Gasteiger partial charge in [0.1, 0.15) is 11.2 Å². The zero-order valence-electron chi connectivity index (χ0n) is 27.4. The lowest BCUT2D eigenvalue weighted by molar-refractivity contribution is 0.662. The van der Waals surface area contributed by atoms with Crippen molar-refractivity contribution < 1.29 is 4.42 Å². The monoisotopic (exact) mass is 627 g/mol. The van der Waals surface area contributed by atoms with Gasteiger partial charge >= 0.3 is 0 Å². The van der Waals surface area contributed by atoms with Gasteiger partial charge in [-0.2, -0.15) is 0 Å². The third-order valence-electron chi connectivity index (χ3n) is 10.6. The number of benzene rings is 8. The smallest absolute Gasteiger partial charge is 0.135 e. The quantitative estimate of drug-likeness (QED) is 0.181. The summed E-state index contributed by atoms with van der Waals surface area (Å²) in [6, 6.07) is 59.4. The van der Waals surface area contributed by atoms with Gasteiger partial charge in [-0.3, -0.25) is 0 Å². The van der Waals surface area contributed by atoms with Crippen molar-refractivity contribution in [3.8, 4) is 22.3 Å². The summed E-state index contributed by atoms with van der Waals surface area (Å²) in [6.45, 7) is 4.78. The van der Waals surface area contributed by atoms with Gasteiger partial charge in [0, 0.05) is 32.9 Å². The van der Waals surface area contributed by atoms with Crippen molar-refractivity contribution in [1.82, 2.24) is 0 Å². The van der Waals surface area contributed by atoms with Crippen molar-refractivity contribution in [3.05, 3.63) is 175 Å². The molecule has 0 spiro atoms. The van der Waals surface area contributed by atoms with Crippen LogP contribution in [0.1, 0.15) is 25.0 Å². The van der Waals surface area contributed by atoms with Crippen LogP contribution >= 0.6 is 0 Å². The first-order valence-electron chi connectivity index (χ1n) is 17.0. The van der Waals surface area contributed by atoms with Gasteiger partial charge in [-0.15, -0.1) is 0 Å². The molecule has 0 atom stereocenters. The average Bonchev–Trinajstić information content (AvgIpc) is 3.64. The highest BCUT2D eigenvalue weighted by Crippen LogP contribution is 2.57. The molecule has 0 N–H and O–H groups in total. The molecule has 49 heavy (non-hydrogen) atoms. The van der Waals surface area contributed by atoms with Gasteiger partial charge in [-0.1, -0.05) is 129 Å². The van der Waals surface area contributed by atoms with E-state index in [4.69, 9.17) is 4.42 Å². The molecule has 0 aliphatic heterocycles. The van der Waals surface area contributed by atoms with Crippen molar-refractivity contribution >= 4 is 60.5 Å². The number of rotatable bonds is 4. The normalized spacial score (nSPS) is 13.3. The molecular formula is C47H33NO. The number of fused-ring (bicyclic) bond motifs is 10. The van der Waals surface area contributed by atoms with Crippen molar-refractivity contribution in [2.45, 2.75) is 19.3 Å². The summed E-state index contributed by atoms with van der Waals surface area (Å²) in [5.74, 6) is 0. The van der Waals surface area contributed by atoms with E-state index in [1.807, 2.05) is 12.1 Å². The van der Waals surface area contributed by atoms with Crippen LogP contribution in [0.4, 0.5) is 17.1 Å². The van der Waals surface area contributed by atoms with Crippen LogP contribution in [-0.4, -0.2) is 0 Å². The average molecular weight is 628 g/mol. The zero-order valence-corrected chi connectivity index (χ0v) is 27.4. The van der Waals surface area contributed by atoms with Crippen LogP contribution in [-0.2, 0) is 5.41 Å². The molecule has 0 fully saturated rings. The van der Waals surface area contributed by atoms with Crippen molar-refractivity contribution in [2.24, 2.45) is 0 Å². The third-order valence-corrected chi connectivity index (χ3v) is 10.6.